The van der Waals surface area contributed by atoms with Crippen molar-refractivity contribution >= 4 is 21.8 Å². The zero-order valence-corrected chi connectivity index (χ0v) is 15.4. The Hall–Kier alpha value is -2.37. The zero-order valence-electron chi connectivity index (χ0n) is 13.9. The Morgan fingerprint density at radius 1 is 1.08 bits per heavy atom. The zero-order chi connectivity index (χ0) is 17.8. The van der Waals surface area contributed by atoms with Crippen molar-refractivity contribution in [3.8, 4) is 11.3 Å². The smallest absolute Gasteiger partial charge is 0.239 e. The van der Waals surface area contributed by atoms with Gasteiger partial charge in [0.1, 0.15) is 17.6 Å². The minimum atomic E-state index is -0.498. The molecular weight excluding hydrogens is 380 g/mol. The standard InChI is InChI=1S/C20H19BrN2O2/c1-23(19(20(22)24)15-5-3-2-4-6-15)13-17-11-12-18(25-17)14-7-9-16(21)10-8-14/h2-12,19H,13H2,1H3,(H2,22,24)/t19-/m0/s1. The molecule has 1 atom stereocenters. The van der Waals surface area contributed by atoms with E-state index in [0.717, 1.165) is 27.1 Å². The lowest BCUT2D eigenvalue weighted by molar-refractivity contribution is -0.123. The summed E-state index contributed by atoms with van der Waals surface area (Å²) in [5.74, 6) is 1.20. The Balaban J connectivity index is 1.77. The van der Waals surface area contributed by atoms with Crippen LogP contribution >= 0.6 is 15.9 Å². The van der Waals surface area contributed by atoms with Crippen molar-refractivity contribution in [2.45, 2.75) is 12.6 Å². The van der Waals surface area contributed by atoms with Gasteiger partial charge in [-0.15, -0.1) is 0 Å². The van der Waals surface area contributed by atoms with E-state index >= 15 is 0 Å². The summed E-state index contributed by atoms with van der Waals surface area (Å²) in [4.78, 5) is 13.8. The van der Waals surface area contributed by atoms with Crippen molar-refractivity contribution < 1.29 is 9.21 Å². The monoisotopic (exact) mass is 398 g/mol. The van der Waals surface area contributed by atoms with Gasteiger partial charge < -0.3 is 10.2 Å². The molecule has 0 saturated heterocycles. The normalized spacial score (nSPS) is 12.3. The van der Waals surface area contributed by atoms with Gasteiger partial charge in [-0.05, 0) is 36.9 Å². The van der Waals surface area contributed by atoms with Crippen LogP contribution in [0, 0.1) is 0 Å². The molecule has 0 radical (unpaired) electrons. The number of hydrogen-bond donors (Lipinski definition) is 1. The molecule has 0 aliphatic heterocycles. The van der Waals surface area contributed by atoms with E-state index in [0.29, 0.717) is 6.54 Å². The summed E-state index contributed by atoms with van der Waals surface area (Å²) in [5, 5.41) is 0. The van der Waals surface area contributed by atoms with Crippen LogP contribution in [0.15, 0.2) is 75.6 Å². The lowest BCUT2D eigenvalue weighted by atomic mass is 10.1. The third-order valence-electron chi connectivity index (χ3n) is 4.02. The van der Waals surface area contributed by atoms with Crippen LogP contribution < -0.4 is 5.73 Å². The van der Waals surface area contributed by atoms with E-state index in [4.69, 9.17) is 10.2 Å². The lowest BCUT2D eigenvalue weighted by Crippen LogP contribution is -2.34. The van der Waals surface area contributed by atoms with Gasteiger partial charge in [0.15, 0.2) is 0 Å². The van der Waals surface area contributed by atoms with Crippen molar-refractivity contribution in [3.05, 3.63) is 82.5 Å². The van der Waals surface area contributed by atoms with E-state index in [9.17, 15) is 4.79 Å². The van der Waals surface area contributed by atoms with Crippen LogP contribution in [0.2, 0.25) is 0 Å². The molecule has 0 spiro atoms. The molecule has 0 bridgehead atoms. The highest BCUT2D eigenvalue weighted by Crippen LogP contribution is 2.26. The largest absolute Gasteiger partial charge is 0.460 e. The summed E-state index contributed by atoms with van der Waals surface area (Å²) in [6.07, 6.45) is 0. The fraction of sp³-hybridized carbons (Fsp3) is 0.150. The lowest BCUT2D eigenvalue weighted by Gasteiger charge is -2.24. The van der Waals surface area contributed by atoms with Gasteiger partial charge in [-0.1, -0.05) is 58.4 Å². The number of carbonyl (C=O) groups excluding carboxylic acids is 1. The number of nitrogens with two attached hydrogens (primary N) is 1. The number of likely N-dealkylation sites (N-methyl/N-ethyl adjacent to an activating group) is 1. The number of amides is 1. The SMILES string of the molecule is CN(Cc1ccc(-c2ccc(Br)cc2)o1)[C@H](C(N)=O)c1ccccc1. The minimum absolute atomic E-state index is 0.381. The third kappa shape index (κ3) is 4.18. The highest BCUT2D eigenvalue weighted by atomic mass is 79.9. The molecule has 0 unspecified atom stereocenters. The molecule has 1 amide bonds. The van der Waals surface area contributed by atoms with Crippen LogP contribution in [0.4, 0.5) is 0 Å². The fourth-order valence-electron chi connectivity index (χ4n) is 2.84. The Morgan fingerprint density at radius 3 is 2.40 bits per heavy atom. The predicted molar refractivity (Wildman–Crippen MR) is 102 cm³/mol. The number of carbonyl (C=O) groups is 1. The molecular formula is C20H19BrN2O2. The number of hydrogen-bond acceptors (Lipinski definition) is 3. The van der Waals surface area contributed by atoms with E-state index in [1.807, 2.05) is 78.7 Å². The number of furan rings is 1. The molecule has 5 heteroatoms. The Bertz CT molecular complexity index is 844. The molecule has 4 nitrogen and oxygen atoms in total. The molecule has 0 saturated carbocycles. The van der Waals surface area contributed by atoms with E-state index < -0.39 is 6.04 Å². The maximum Gasteiger partial charge on any atom is 0.239 e. The van der Waals surface area contributed by atoms with Gasteiger partial charge in [0.2, 0.25) is 5.91 Å². The van der Waals surface area contributed by atoms with Gasteiger partial charge in [-0.2, -0.15) is 0 Å². The summed E-state index contributed by atoms with van der Waals surface area (Å²) in [6, 6.07) is 20.8. The maximum absolute atomic E-state index is 11.9. The average molecular weight is 399 g/mol. The highest BCUT2D eigenvalue weighted by Gasteiger charge is 2.23. The summed E-state index contributed by atoms with van der Waals surface area (Å²) in [6.45, 7) is 0.485. The second-order valence-corrected chi connectivity index (χ2v) is 6.82. The van der Waals surface area contributed by atoms with Crippen molar-refractivity contribution in [2.75, 3.05) is 7.05 Å². The second kappa shape index (κ2) is 7.68. The summed E-state index contributed by atoms with van der Waals surface area (Å²) >= 11 is 3.43. The maximum atomic E-state index is 11.9. The molecule has 3 rings (SSSR count). The van der Waals surface area contributed by atoms with Gasteiger partial charge >= 0.3 is 0 Å². The Kier molecular flexibility index (Phi) is 5.36. The number of halogens is 1. The van der Waals surface area contributed by atoms with Crippen molar-refractivity contribution in [1.29, 1.82) is 0 Å². The van der Waals surface area contributed by atoms with E-state index in [2.05, 4.69) is 15.9 Å². The van der Waals surface area contributed by atoms with Crippen LogP contribution in [-0.2, 0) is 11.3 Å². The minimum Gasteiger partial charge on any atom is -0.460 e. The van der Waals surface area contributed by atoms with Crippen LogP contribution in [-0.4, -0.2) is 17.9 Å². The van der Waals surface area contributed by atoms with Crippen LogP contribution in [0.25, 0.3) is 11.3 Å². The van der Waals surface area contributed by atoms with Gasteiger partial charge in [0.25, 0.3) is 0 Å². The first-order valence-corrected chi connectivity index (χ1v) is 8.73. The van der Waals surface area contributed by atoms with Gasteiger partial charge in [-0.3, -0.25) is 9.69 Å². The van der Waals surface area contributed by atoms with Gasteiger partial charge in [-0.25, -0.2) is 0 Å². The van der Waals surface area contributed by atoms with Gasteiger partial charge in [0, 0.05) is 10.0 Å². The number of rotatable bonds is 6. The summed E-state index contributed by atoms with van der Waals surface area (Å²) < 4.78 is 6.96. The highest BCUT2D eigenvalue weighted by molar-refractivity contribution is 9.10. The molecule has 1 heterocycles. The Labute approximate surface area is 155 Å². The average Bonchev–Trinajstić information content (AvgIpc) is 3.04. The summed E-state index contributed by atoms with van der Waals surface area (Å²) in [5.41, 5.74) is 7.50. The molecule has 1 aromatic heterocycles. The molecule has 2 aromatic carbocycles. The molecule has 25 heavy (non-hydrogen) atoms. The Morgan fingerprint density at radius 2 is 1.76 bits per heavy atom. The van der Waals surface area contributed by atoms with Crippen molar-refractivity contribution in [2.24, 2.45) is 5.73 Å². The number of primary amides is 1. The first-order valence-electron chi connectivity index (χ1n) is 7.94. The molecule has 0 fully saturated rings. The molecule has 128 valence electrons. The third-order valence-corrected chi connectivity index (χ3v) is 4.55. The molecule has 0 aliphatic carbocycles. The predicted octanol–water partition coefficient (Wildman–Crippen LogP) is 4.37. The van der Waals surface area contributed by atoms with Crippen LogP contribution in [0.3, 0.4) is 0 Å². The quantitative estimate of drug-likeness (QED) is 0.670. The number of benzene rings is 2. The molecule has 3 aromatic rings. The van der Waals surface area contributed by atoms with Crippen LogP contribution in [0.5, 0.6) is 0 Å². The van der Waals surface area contributed by atoms with Crippen molar-refractivity contribution in [1.82, 2.24) is 4.90 Å². The van der Waals surface area contributed by atoms with Crippen LogP contribution in [0.1, 0.15) is 17.4 Å². The topological polar surface area (TPSA) is 59.5 Å². The van der Waals surface area contributed by atoms with Crippen molar-refractivity contribution in [3.63, 3.8) is 0 Å². The van der Waals surface area contributed by atoms with E-state index in [-0.39, 0.29) is 5.91 Å². The fourth-order valence-corrected chi connectivity index (χ4v) is 3.10. The molecule has 2 N–H and O–H groups in total. The first-order chi connectivity index (χ1) is 12.0. The van der Waals surface area contributed by atoms with E-state index in [1.165, 1.54) is 0 Å². The second-order valence-electron chi connectivity index (χ2n) is 5.90. The first kappa shape index (κ1) is 17.5. The summed E-state index contributed by atoms with van der Waals surface area (Å²) in [7, 11) is 1.87. The number of nitrogens with zero attached hydrogens (tertiary/aromatic N) is 1. The molecule has 0 aliphatic rings. The van der Waals surface area contributed by atoms with Gasteiger partial charge in [0.05, 0.1) is 6.54 Å². The van der Waals surface area contributed by atoms with E-state index in [1.54, 1.807) is 0 Å².